The van der Waals surface area contributed by atoms with Gasteiger partial charge in [-0.25, -0.2) is 4.39 Å². The van der Waals surface area contributed by atoms with Crippen LogP contribution in [-0.4, -0.2) is 11.2 Å². The Balaban J connectivity index is 2.00. The number of aliphatic hydroxyl groups is 1. The normalized spacial score (nSPS) is 25.2. The molecular weight excluding hydrogens is 312 g/mol. The predicted octanol–water partition coefficient (Wildman–Crippen LogP) is 4.19. The molecule has 0 unspecified atom stereocenters. The molecule has 0 aliphatic carbocycles. The third-order valence-corrected chi connectivity index (χ3v) is 4.08. The van der Waals surface area contributed by atoms with Crippen LogP contribution >= 0.6 is 0 Å². The van der Waals surface area contributed by atoms with Gasteiger partial charge in [-0.05, 0) is 42.3 Å². The molecule has 0 aromatic heterocycles. The second-order valence-electron chi connectivity index (χ2n) is 5.60. The molecule has 0 saturated carbocycles. The molecular formula is C17H14F4O2. The van der Waals surface area contributed by atoms with Crippen molar-refractivity contribution >= 4 is 0 Å². The first kappa shape index (κ1) is 16.0. The molecule has 2 aromatic rings. The Bertz CT molecular complexity index is 709. The summed E-state index contributed by atoms with van der Waals surface area (Å²) in [4.78, 5) is 0. The highest BCUT2D eigenvalue weighted by atomic mass is 19.4. The van der Waals surface area contributed by atoms with Crippen LogP contribution in [0.2, 0.25) is 0 Å². The Kier molecular flexibility index (Phi) is 3.69. The van der Waals surface area contributed by atoms with E-state index in [1.54, 1.807) is 0 Å². The number of hydrogen-bond donors (Lipinski definition) is 1. The molecule has 2 nitrogen and oxygen atoms in total. The Morgan fingerprint density at radius 3 is 2.35 bits per heavy atom. The maximum atomic E-state index is 13.0. The van der Waals surface area contributed by atoms with Crippen LogP contribution in [0, 0.1) is 5.82 Å². The van der Waals surface area contributed by atoms with Gasteiger partial charge in [0.2, 0.25) is 0 Å². The lowest BCUT2D eigenvalue weighted by atomic mass is 9.87. The fourth-order valence-electron chi connectivity index (χ4n) is 2.83. The molecule has 3 atom stereocenters. The van der Waals surface area contributed by atoms with Crippen molar-refractivity contribution in [3.63, 3.8) is 0 Å². The highest BCUT2D eigenvalue weighted by Crippen LogP contribution is 2.59. The number of epoxide rings is 1. The minimum absolute atomic E-state index is 0.247. The maximum absolute atomic E-state index is 13.0. The zero-order chi connectivity index (χ0) is 16.8. The molecule has 1 aliphatic rings. The average molecular weight is 326 g/mol. The lowest BCUT2D eigenvalue weighted by Gasteiger charge is -2.18. The smallest absolute Gasteiger partial charge is 0.390 e. The van der Waals surface area contributed by atoms with E-state index < -0.39 is 35.4 Å². The zero-order valence-corrected chi connectivity index (χ0v) is 12.1. The van der Waals surface area contributed by atoms with Crippen molar-refractivity contribution in [1.82, 2.24) is 0 Å². The van der Waals surface area contributed by atoms with Crippen LogP contribution in [0.15, 0.2) is 48.5 Å². The van der Waals surface area contributed by atoms with Crippen LogP contribution < -0.4 is 0 Å². The summed E-state index contributed by atoms with van der Waals surface area (Å²) in [6, 6.07) is 10.2. The van der Waals surface area contributed by atoms with Gasteiger partial charge in [0.15, 0.2) is 0 Å². The Hall–Kier alpha value is -1.92. The molecule has 0 spiro atoms. The number of hydrogen-bond acceptors (Lipinski definition) is 2. The van der Waals surface area contributed by atoms with Crippen molar-refractivity contribution in [2.75, 3.05) is 0 Å². The van der Waals surface area contributed by atoms with Gasteiger partial charge in [0.05, 0.1) is 11.7 Å². The first-order valence-electron chi connectivity index (χ1n) is 7.04. The van der Waals surface area contributed by atoms with Gasteiger partial charge < -0.3 is 9.84 Å². The minimum atomic E-state index is -4.48. The lowest BCUT2D eigenvalue weighted by molar-refractivity contribution is -0.137. The fraction of sp³-hybridized carbons (Fsp3) is 0.294. The fourth-order valence-corrected chi connectivity index (χ4v) is 2.83. The van der Waals surface area contributed by atoms with E-state index >= 15 is 0 Å². The monoisotopic (exact) mass is 326 g/mol. The predicted molar refractivity (Wildman–Crippen MR) is 75.0 cm³/mol. The average Bonchev–Trinajstić information content (AvgIpc) is 3.24. The molecule has 1 saturated heterocycles. The summed E-state index contributed by atoms with van der Waals surface area (Å²) in [5.41, 5.74) is -1.20. The van der Waals surface area contributed by atoms with Crippen molar-refractivity contribution in [2.45, 2.75) is 30.9 Å². The molecule has 1 fully saturated rings. The van der Waals surface area contributed by atoms with Crippen molar-refractivity contribution in [2.24, 2.45) is 0 Å². The molecule has 0 amide bonds. The van der Waals surface area contributed by atoms with Gasteiger partial charge in [0, 0.05) is 0 Å². The summed E-state index contributed by atoms with van der Waals surface area (Å²) in [5, 5.41) is 10.1. The molecule has 0 radical (unpaired) electrons. The highest BCUT2D eigenvalue weighted by molar-refractivity contribution is 5.39. The topological polar surface area (TPSA) is 32.8 Å². The standard InChI is InChI=1S/C17H14F4O2/c1-10(22)16(12-3-2-4-13(9-12)17(19,20)21)15(23-16)11-5-7-14(18)8-6-11/h2-10,15,22H,1H3/t10-,15-,16+/m0/s1. The molecule has 0 bridgehead atoms. The third-order valence-electron chi connectivity index (χ3n) is 4.08. The SMILES string of the molecule is C[C@H](O)[C@]1(c2cccc(C(F)(F)F)c2)O[C@H]1c1ccc(F)cc1. The number of rotatable bonds is 3. The van der Waals surface area contributed by atoms with Gasteiger partial charge in [-0.15, -0.1) is 0 Å². The van der Waals surface area contributed by atoms with E-state index in [9.17, 15) is 22.7 Å². The summed E-state index contributed by atoms with van der Waals surface area (Å²) in [6.07, 6.45) is -6.12. The summed E-state index contributed by atoms with van der Waals surface area (Å²) < 4.78 is 57.3. The van der Waals surface area contributed by atoms with E-state index in [-0.39, 0.29) is 5.56 Å². The van der Waals surface area contributed by atoms with E-state index in [1.165, 1.54) is 43.3 Å². The second kappa shape index (κ2) is 5.32. The summed E-state index contributed by atoms with van der Waals surface area (Å²) in [5.74, 6) is -0.420. The molecule has 2 aromatic carbocycles. The van der Waals surface area contributed by atoms with E-state index in [4.69, 9.17) is 4.74 Å². The van der Waals surface area contributed by atoms with Gasteiger partial charge in [0.1, 0.15) is 17.5 Å². The maximum Gasteiger partial charge on any atom is 0.416 e. The Morgan fingerprint density at radius 2 is 1.78 bits per heavy atom. The van der Waals surface area contributed by atoms with Gasteiger partial charge >= 0.3 is 6.18 Å². The molecule has 1 aliphatic heterocycles. The molecule has 6 heteroatoms. The van der Waals surface area contributed by atoms with Crippen LogP contribution in [0.3, 0.4) is 0 Å². The largest absolute Gasteiger partial charge is 0.416 e. The number of benzene rings is 2. The van der Waals surface area contributed by atoms with Crippen LogP contribution in [0.25, 0.3) is 0 Å². The van der Waals surface area contributed by atoms with Gasteiger partial charge in [-0.2, -0.15) is 13.2 Å². The number of halogens is 4. The molecule has 122 valence electrons. The highest BCUT2D eigenvalue weighted by Gasteiger charge is 2.62. The van der Waals surface area contributed by atoms with Crippen molar-refractivity contribution in [3.8, 4) is 0 Å². The number of ether oxygens (including phenoxy) is 1. The zero-order valence-electron chi connectivity index (χ0n) is 12.1. The first-order chi connectivity index (χ1) is 10.7. The van der Waals surface area contributed by atoms with E-state index in [1.807, 2.05) is 0 Å². The molecule has 3 rings (SSSR count). The van der Waals surface area contributed by atoms with Gasteiger partial charge in [-0.3, -0.25) is 0 Å². The van der Waals surface area contributed by atoms with E-state index in [2.05, 4.69) is 0 Å². The molecule has 1 N–H and O–H groups in total. The van der Waals surface area contributed by atoms with Crippen LogP contribution in [0.1, 0.15) is 29.7 Å². The Labute approximate surface area is 130 Å². The van der Waals surface area contributed by atoms with Crippen LogP contribution in [0.5, 0.6) is 0 Å². The van der Waals surface area contributed by atoms with Crippen molar-refractivity contribution in [3.05, 3.63) is 71.0 Å². The quantitative estimate of drug-likeness (QED) is 0.677. The summed E-state index contributed by atoms with van der Waals surface area (Å²) in [7, 11) is 0. The van der Waals surface area contributed by atoms with Gasteiger partial charge in [0.25, 0.3) is 0 Å². The first-order valence-corrected chi connectivity index (χ1v) is 7.04. The molecule has 1 heterocycles. The number of aliphatic hydroxyl groups excluding tert-OH is 1. The third kappa shape index (κ3) is 2.72. The van der Waals surface area contributed by atoms with Gasteiger partial charge in [-0.1, -0.05) is 24.3 Å². The van der Waals surface area contributed by atoms with E-state index in [0.29, 0.717) is 5.56 Å². The summed E-state index contributed by atoms with van der Waals surface area (Å²) >= 11 is 0. The van der Waals surface area contributed by atoms with Crippen LogP contribution in [0.4, 0.5) is 17.6 Å². The molecule has 23 heavy (non-hydrogen) atoms. The van der Waals surface area contributed by atoms with Crippen molar-refractivity contribution in [1.29, 1.82) is 0 Å². The Morgan fingerprint density at radius 1 is 1.13 bits per heavy atom. The van der Waals surface area contributed by atoms with Crippen LogP contribution in [-0.2, 0) is 16.5 Å². The van der Waals surface area contributed by atoms with E-state index in [0.717, 1.165) is 12.1 Å². The second-order valence-corrected chi connectivity index (χ2v) is 5.60. The lowest BCUT2D eigenvalue weighted by Crippen LogP contribution is -2.26. The van der Waals surface area contributed by atoms with Crippen molar-refractivity contribution < 1.29 is 27.4 Å². The number of alkyl halides is 3. The summed E-state index contributed by atoms with van der Waals surface area (Å²) in [6.45, 7) is 1.46. The minimum Gasteiger partial charge on any atom is -0.390 e.